The van der Waals surface area contributed by atoms with Crippen LogP contribution >= 0.6 is 0 Å². The normalized spacial score (nSPS) is 26.6. The highest BCUT2D eigenvalue weighted by Gasteiger charge is 2.47. The van der Waals surface area contributed by atoms with Gasteiger partial charge in [0.25, 0.3) is 0 Å². The molecule has 0 bridgehead atoms. The Hall–Kier alpha value is -6.89. The Kier molecular flexibility index (Phi) is 34.1. The fraction of sp³-hybridized carbons (Fsp3) is 0.803. The lowest BCUT2D eigenvalue weighted by molar-refractivity contribution is -0.164. The largest absolute Gasteiger partial charge is 0.466 e. The highest BCUT2D eigenvalue weighted by Crippen LogP contribution is 2.27. The van der Waals surface area contributed by atoms with E-state index in [0.717, 1.165) is 21.6 Å². The number of ether oxygens (including phenoxy) is 2. The van der Waals surface area contributed by atoms with Gasteiger partial charge in [-0.1, -0.05) is 96.9 Å². The topological polar surface area (TPSA) is 311 Å². The van der Waals surface area contributed by atoms with Gasteiger partial charge in [-0.3, -0.25) is 62.3 Å². The van der Waals surface area contributed by atoms with Gasteiger partial charge in [0.05, 0.1) is 6.61 Å². The van der Waals surface area contributed by atoms with Crippen molar-refractivity contribution >= 4 is 76.9 Å². The minimum absolute atomic E-state index is 0.0375. The van der Waals surface area contributed by atoms with Gasteiger partial charge in [-0.2, -0.15) is 0 Å². The van der Waals surface area contributed by atoms with E-state index in [2.05, 4.69) is 21.3 Å². The minimum Gasteiger partial charge on any atom is -0.466 e. The molecule has 4 N–H and O–H groups in total. The molecule has 0 saturated carbocycles. The zero-order valence-corrected chi connectivity index (χ0v) is 60.4. The molecule has 26 heteroatoms. The van der Waals surface area contributed by atoms with Crippen LogP contribution in [-0.2, 0) is 71.8 Å². The van der Waals surface area contributed by atoms with Crippen molar-refractivity contribution in [1.29, 1.82) is 0 Å². The van der Waals surface area contributed by atoms with Gasteiger partial charge in [-0.15, -0.1) is 0 Å². The predicted octanol–water partition coefficient (Wildman–Crippen LogP) is 3.61. The van der Waals surface area contributed by atoms with Crippen LogP contribution in [0.1, 0.15) is 176 Å². The Balaban J connectivity index is 4.52. The van der Waals surface area contributed by atoms with E-state index in [4.69, 9.17) is 9.47 Å². The summed E-state index contributed by atoms with van der Waals surface area (Å²) in [6.07, 6.45) is -0.740. The summed E-state index contributed by atoms with van der Waals surface area (Å²) in [6.45, 7) is 31.8. The molecule has 92 heavy (non-hydrogen) atoms. The van der Waals surface area contributed by atoms with Gasteiger partial charge in [-0.05, 0) is 108 Å². The average molecular weight is 1300 g/mol. The number of hydrogen-bond donors (Lipinski definition) is 4. The molecule has 0 aliphatic carbocycles. The van der Waals surface area contributed by atoms with Crippen molar-refractivity contribution in [3.05, 3.63) is 0 Å². The third kappa shape index (κ3) is 22.7. The van der Waals surface area contributed by atoms with Crippen molar-refractivity contribution in [1.82, 2.24) is 55.6 Å². The maximum absolute atomic E-state index is 15.4. The van der Waals surface area contributed by atoms with Crippen LogP contribution in [0.15, 0.2) is 0 Å². The Morgan fingerprint density at radius 2 is 0.902 bits per heavy atom. The maximum Gasteiger partial charge on any atom is 0.305 e. The monoisotopic (exact) mass is 1300 g/mol. The van der Waals surface area contributed by atoms with Crippen molar-refractivity contribution in [2.24, 2.45) is 41.4 Å². The zero-order valence-electron chi connectivity index (χ0n) is 60.4. The predicted molar refractivity (Wildman–Crippen MR) is 349 cm³/mol. The van der Waals surface area contributed by atoms with E-state index < -0.39 is 173 Å². The standard InChI is InChI=1S/C66H117N11O15/c1-27-40(14)55(92-45(19)78)54-59(83)69-46(28-2)62(86)71(20)44(18)61(85)76(25)53(41(15)30-31-50(79)91-29-3)58(82)70-51(38(10)11)65(89)72(21)47(32-35(4)5)57(81)67-42(16)56(80)68-43(17)60(84)73(22)48(33-36(6)7)63(87)74(23)49(34-37(8)9)64(88)75(24)52(39(12)13)66(90)77(54)26/h35-44,46-49,51-55H,27-34H2,1-26H3,(H,67,81)(H,68,80)(H,69,83)(H,70,82)/t40-,41-,42+,43-,44-,46+,47+,48+,49+,51+,52+,53+,54+,55-/m1/s1. The molecule has 1 aliphatic heterocycles. The summed E-state index contributed by atoms with van der Waals surface area (Å²) in [5, 5.41) is 11.0. The first kappa shape index (κ1) is 83.1. The molecule has 1 heterocycles. The molecule has 0 aromatic heterocycles. The molecule has 1 aliphatic rings. The fourth-order valence-electron chi connectivity index (χ4n) is 11.6. The number of nitrogens with one attached hydrogen (secondary N) is 4. The lowest BCUT2D eigenvalue weighted by Gasteiger charge is -2.42. The van der Waals surface area contributed by atoms with Crippen LogP contribution in [0.2, 0.25) is 0 Å². The van der Waals surface area contributed by atoms with Gasteiger partial charge in [0.15, 0.2) is 0 Å². The van der Waals surface area contributed by atoms with Gasteiger partial charge in [0.1, 0.15) is 72.6 Å². The second-order valence-corrected chi connectivity index (χ2v) is 27.3. The molecule has 11 amide bonds. The molecule has 1 saturated heterocycles. The second-order valence-electron chi connectivity index (χ2n) is 27.3. The molecule has 14 atom stereocenters. The molecular formula is C66H117N11O15. The van der Waals surface area contributed by atoms with Crippen LogP contribution in [0.3, 0.4) is 0 Å². The lowest BCUT2D eigenvalue weighted by atomic mass is 9.91. The number of esters is 2. The Labute approximate surface area is 548 Å². The molecule has 0 aromatic carbocycles. The molecule has 26 nitrogen and oxygen atoms in total. The van der Waals surface area contributed by atoms with Crippen LogP contribution in [0.5, 0.6) is 0 Å². The molecule has 0 unspecified atom stereocenters. The molecule has 526 valence electrons. The quantitative estimate of drug-likeness (QED) is 0.143. The summed E-state index contributed by atoms with van der Waals surface area (Å²) in [5.74, 6) is -12.5. The van der Waals surface area contributed by atoms with Gasteiger partial charge in [-0.25, -0.2) is 0 Å². The smallest absolute Gasteiger partial charge is 0.305 e. The summed E-state index contributed by atoms with van der Waals surface area (Å²) in [5.41, 5.74) is 0. The van der Waals surface area contributed by atoms with Crippen molar-refractivity contribution in [3.8, 4) is 0 Å². The molecule has 0 spiro atoms. The average Bonchev–Trinajstić information content (AvgIpc) is 0.858. The second kappa shape index (κ2) is 37.7. The van der Waals surface area contributed by atoms with Gasteiger partial charge in [0, 0.05) is 62.7 Å². The summed E-state index contributed by atoms with van der Waals surface area (Å²) in [4.78, 5) is 197. The number of amides is 11. The van der Waals surface area contributed by atoms with Gasteiger partial charge in [0.2, 0.25) is 65.0 Å². The Morgan fingerprint density at radius 3 is 1.36 bits per heavy atom. The van der Waals surface area contributed by atoms with Crippen molar-refractivity contribution in [3.63, 3.8) is 0 Å². The summed E-state index contributed by atoms with van der Waals surface area (Å²) in [6, 6.07) is -14.4. The van der Waals surface area contributed by atoms with Crippen LogP contribution in [0.25, 0.3) is 0 Å². The van der Waals surface area contributed by atoms with E-state index in [-0.39, 0.29) is 62.9 Å². The van der Waals surface area contributed by atoms with Gasteiger partial charge >= 0.3 is 11.9 Å². The molecular weight excluding hydrogens is 1190 g/mol. The van der Waals surface area contributed by atoms with Crippen molar-refractivity contribution in [2.45, 2.75) is 249 Å². The van der Waals surface area contributed by atoms with E-state index in [0.29, 0.717) is 6.42 Å². The van der Waals surface area contributed by atoms with E-state index in [9.17, 15) is 43.2 Å². The van der Waals surface area contributed by atoms with E-state index >= 15 is 19.2 Å². The Bertz CT molecular complexity index is 2560. The molecule has 0 radical (unpaired) electrons. The first-order chi connectivity index (χ1) is 42.5. The van der Waals surface area contributed by atoms with Crippen molar-refractivity contribution < 1.29 is 71.8 Å². The van der Waals surface area contributed by atoms with Crippen molar-refractivity contribution in [2.75, 3.05) is 55.9 Å². The SMILES string of the molecule is CCOC(=O)CC[C@@H](C)[C@H]1C(=O)N[C@@H](C(C)C)C(=O)N(C)[C@@H](CC(C)C)C(=O)N[C@@H](C)C(=O)N[C@H](C)C(=O)N(C)[C@@H](CC(C)C)C(=O)N(C)[C@@H](CC(C)C)C(=O)N(C)[C@@H](C(C)C)C(=O)N(C)[C@@H]([C@H](OC(C)=O)[C@H](C)CC)C(=O)N[C@@H](CC)C(=O)N(C)[C@H](C)C(=O)N1C. The fourth-order valence-corrected chi connectivity index (χ4v) is 11.6. The first-order valence-electron chi connectivity index (χ1n) is 32.9. The van der Waals surface area contributed by atoms with E-state index in [1.54, 1.807) is 62.3 Å². The summed E-state index contributed by atoms with van der Waals surface area (Å²) in [7, 11) is 9.73. The van der Waals surface area contributed by atoms with Crippen LogP contribution in [-0.4, -0.2) is 240 Å². The summed E-state index contributed by atoms with van der Waals surface area (Å²) < 4.78 is 11.1. The minimum atomic E-state index is -1.62. The highest BCUT2D eigenvalue weighted by atomic mass is 16.5. The molecule has 1 fully saturated rings. The van der Waals surface area contributed by atoms with E-state index in [1.165, 1.54) is 89.7 Å². The zero-order chi connectivity index (χ0) is 71.4. The summed E-state index contributed by atoms with van der Waals surface area (Å²) >= 11 is 0. The maximum atomic E-state index is 15.4. The third-order valence-corrected chi connectivity index (χ3v) is 17.6. The number of rotatable bonds is 18. The molecule has 1 rings (SSSR count). The lowest BCUT2D eigenvalue weighted by Crippen LogP contribution is -2.64. The molecule has 0 aromatic rings. The number of carbonyl (C=O) groups is 13. The van der Waals surface area contributed by atoms with Crippen LogP contribution < -0.4 is 21.3 Å². The Morgan fingerprint density at radius 1 is 0.457 bits per heavy atom. The van der Waals surface area contributed by atoms with Crippen LogP contribution in [0.4, 0.5) is 0 Å². The van der Waals surface area contributed by atoms with E-state index in [1.807, 2.05) is 41.5 Å². The number of likely N-dealkylation sites (N-methyl/N-ethyl adjacent to an activating group) is 7. The number of hydrogen-bond acceptors (Lipinski definition) is 15. The third-order valence-electron chi connectivity index (χ3n) is 17.6. The number of nitrogens with zero attached hydrogens (tertiary/aromatic N) is 7. The van der Waals surface area contributed by atoms with Crippen LogP contribution in [0, 0.1) is 41.4 Å². The number of carbonyl (C=O) groups excluding carboxylic acids is 13. The van der Waals surface area contributed by atoms with Gasteiger partial charge < -0.3 is 65.0 Å². The first-order valence-corrected chi connectivity index (χ1v) is 32.9. The highest BCUT2D eigenvalue weighted by molar-refractivity contribution is 6.00.